The Bertz CT molecular complexity index is 775. The van der Waals surface area contributed by atoms with E-state index in [0.29, 0.717) is 5.56 Å². The molecule has 0 saturated heterocycles. The molecule has 0 heterocycles. The van der Waals surface area contributed by atoms with Crippen molar-refractivity contribution >= 4 is 17.5 Å². The highest BCUT2D eigenvalue weighted by Crippen LogP contribution is 2.34. The summed E-state index contributed by atoms with van der Waals surface area (Å²) in [5.41, 5.74) is 2.57. The van der Waals surface area contributed by atoms with Crippen LogP contribution in [0.15, 0.2) is 91.0 Å². The lowest BCUT2D eigenvalue weighted by Crippen LogP contribution is -2.31. The monoisotopic (exact) mass is 335 g/mol. The SMILES string of the molecule is O=C(N[C@H](c1ccccc1)[C@H](Cl)c1ccccc1)c1ccccc1. The predicted octanol–water partition coefficient (Wildman–Crippen LogP) is 5.14. The van der Waals surface area contributed by atoms with Crippen LogP contribution in [-0.4, -0.2) is 5.91 Å². The van der Waals surface area contributed by atoms with Gasteiger partial charge in [-0.3, -0.25) is 4.79 Å². The van der Waals surface area contributed by atoms with Gasteiger partial charge in [-0.15, -0.1) is 11.6 Å². The average molecular weight is 336 g/mol. The van der Waals surface area contributed by atoms with Gasteiger partial charge in [0, 0.05) is 5.56 Å². The fourth-order valence-electron chi connectivity index (χ4n) is 2.63. The first-order chi connectivity index (χ1) is 11.8. The highest BCUT2D eigenvalue weighted by molar-refractivity contribution is 6.21. The van der Waals surface area contributed by atoms with Gasteiger partial charge in [0.1, 0.15) is 0 Å². The van der Waals surface area contributed by atoms with Gasteiger partial charge in [-0.1, -0.05) is 78.9 Å². The van der Waals surface area contributed by atoms with Crippen molar-refractivity contribution in [3.8, 4) is 0 Å². The first-order valence-corrected chi connectivity index (χ1v) is 8.29. The van der Waals surface area contributed by atoms with E-state index < -0.39 is 0 Å². The fourth-order valence-corrected chi connectivity index (χ4v) is 2.98. The number of carbonyl (C=O) groups is 1. The van der Waals surface area contributed by atoms with Gasteiger partial charge in [-0.05, 0) is 23.3 Å². The minimum absolute atomic E-state index is 0.133. The number of halogens is 1. The summed E-state index contributed by atoms with van der Waals surface area (Å²) in [4.78, 5) is 12.6. The van der Waals surface area contributed by atoms with Crippen molar-refractivity contribution in [2.24, 2.45) is 0 Å². The van der Waals surface area contributed by atoms with Crippen molar-refractivity contribution in [3.63, 3.8) is 0 Å². The molecule has 120 valence electrons. The summed E-state index contributed by atoms with van der Waals surface area (Å²) in [5.74, 6) is -0.133. The Morgan fingerprint density at radius 3 is 1.71 bits per heavy atom. The second-order valence-electron chi connectivity index (χ2n) is 5.54. The Morgan fingerprint density at radius 2 is 1.17 bits per heavy atom. The molecule has 0 aliphatic rings. The Kier molecular flexibility index (Phi) is 5.29. The Labute approximate surface area is 147 Å². The lowest BCUT2D eigenvalue weighted by molar-refractivity contribution is 0.0935. The maximum atomic E-state index is 12.6. The molecule has 1 amide bonds. The third-order valence-electron chi connectivity index (χ3n) is 3.89. The summed E-state index contributed by atoms with van der Waals surface area (Å²) in [7, 11) is 0. The molecule has 2 nitrogen and oxygen atoms in total. The maximum absolute atomic E-state index is 12.6. The van der Waals surface area contributed by atoms with Gasteiger partial charge in [-0.25, -0.2) is 0 Å². The zero-order valence-electron chi connectivity index (χ0n) is 13.1. The number of rotatable bonds is 5. The zero-order chi connectivity index (χ0) is 16.8. The van der Waals surface area contributed by atoms with E-state index in [9.17, 15) is 4.79 Å². The van der Waals surface area contributed by atoms with Crippen LogP contribution in [0.25, 0.3) is 0 Å². The van der Waals surface area contributed by atoms with E-state index in [1.807, 2.05) is 78.9 Å². The maximum Gasteiger partial charge on any atom is 0.251 e. The quantitative estimate of drug-likeness (QED) is 0.643. The highest BCUT2D eigenvalue weighted by atomic mass is 35.5. The number of nitrogens with one attached hydrogen (secondary N) is 1. The molecule has 0 bridgehead atoms. The number of carbonyl (C=O) groups excluding carboxylic acids is 1. The molecule has 0 aliphatic carbocycles. The van der Waals surface area contributed by atoms with Gasteiger partial charge in [0.25, 0.3) is 5.91 Å². The van der Waals surface area contributed by atoms with Crippen LogP contribution in [0, 0.1) is 0 Å². The summed E-state index contributed by atoms with van der Waals surface area (Å²) in [6, 6.07) is 28.5. The van der Waals surface area contributed by atoms with Crippen LogP contribution in [0.5, 0.6) is 0 Å². The van der Waals surface area contributed by atoms with E-state index >= 15 is 0 Å². The van der Waals surface area contributed by atoms with E-state index in [0.717, 1.165) is 11.1 Å². The Morgan fingerprint density at radius 1 is 0.708 bits per heavy atom. The van der Waals surface area contributed by atoms with E-state index in [-0.39, 0.29) is 17.3 Å². The number of benzene rings is 3. The molecule has 0 aromatic heterocycles. The minimum Gasteiger partial charge on any atom is -0.343 e. The first-order valence-electron chi connectivity index (χ1n) is 7.85. The third kappa shape index (κ3) is 3.84. The molecule has 0 radical (unpaired) electrons. The van der Waals surface area contributed by atoms with Crippen LogP contribution in [0.4, 0.5) is 0 Å². The average Bonchev–Trinajstić information content (AvgIpc) is 2.67. The van der Waals surface area contributed by atoms with Gasteiger partial charge in [0.2, 0.25) is 0 Å². The van der Waals surface area contributed by atoms with E-state index in [4.69, 9.17) is 11.6 Å². The largest absolute Gasteiger partial charge is 0.343 e. The molecular formula is C21H18ClNO. The molecule has 24 heavy (non-hydrogen) atoms. The molecule has 0 aliphatic heterocycles. The van der Waals surface area contributed by atoms with Gasteiger partial charge in [0.15, 0.2) is 0 Å². The minimum atomic E-state index is -0.360. The number of alkyl halides is 1. The molecule has 1 N–H and O–H groups in total. The molecule has 0 fully saturated rings. The van der Waals surface area contributed by atoms with E-state index in [1.165, 1.54) is 0 Å². The summed E-state index contributed by atoms with van der Waals surface area (Å²) in [6.45, 7) is 0. The van der Waals surface area contributed by atoms with Crippen LogP contribution in [0.3, 0.4) is 0 Å². The topological polar surface area (TPSA) is 29.1 Å². The molecule has 3 heteroatoms. The predicted molar refractivity (Wildman–Crippen MR) is 98.1 cm³/mol. The smallest absolute Gasteiger partial charge is 0.251 e. The standard InChI is InChI=1S/C21H18ClNO/c22-19(16-10-4-1-5-11-16)20(17-12-6-2-7-13-17)23-21(24)18-14-8-3-9-15-18/h1-15,19-20H,(H,23,24)/t19-,20-/m1/s1. The van der Waals surface area contributed by atoms with Gasteiger partial charge in [0.05, 0.1) is 11.4 Å². The van der Waals surface area contributed by atoms with Gasteiger partial charge in [-0.2, -0.15) is 0 Å². The van der Waals surface area contributed by atoms with Crippen LogP contribution >= 0.6 is 11.6 Å². The Balaban J connectivity index is 1.90. The van der Waals surface area contributed by atoms with Crippen molar-refractivity contribution in [3.05, 3.63) is 108 Å². The molecular weight excluding hydrogens is 318 g/mol. The molecule has 0 spiro atoms. The molecule has 3 aromatic rings. The third-order valence-corrected chi connectivity index (χ3v) is 4.40. The highest BCUT2D eigenvalue weighted by Gasteiger charge is 2.24. The molecule has 2 atom stereocenters. The summed E-state index contributed by atoms with van der Waals surface area (Å²) < 4.78 is 0. The van der Waals surface area contributed by atoms with Crippen molar-refractivity contribution in [1.29, 1.82) is 0 Å². The van der Waals surface area contributed by atoms with E-state index in [1.54, 1.807) is 12.1 Å². The molecule has 3 aromatic carbocycles. The first kappa shape index (κ1) is 16.3. The van der Waals surface area contributed by atoms with Crippen molar-refractivity contribution in [1.82, 2.24) is 5.32 Å². The van der Waals surface area contributed by atoms with Crippen molar-refractivity contribution < 1.29 is 4.79 Å². The molecule has 3 rings (SSSR count). The zero-order valence-corrected chi connectivity index (χ0v) is 13.9. The van der Waals surface area contributed by atoms with Crippen LogP contribution in [-0.2, 0) is 0 Å². The fraction of sp³-hybridized carbons (Fsp3) is 0.0952. The Hall–Kier alpha value is -2.58. The molecule has 0 unspecified atom stereocenters. The number of hydrogen-bond acceptors (Lipinski definition) is 1. The second-order valence-corrected chi connectivity index (χ2v) is 6.01. The van der Waals surface area contributed by atoms with Crippen LogP contribution in [0.1, 0.15) is 32.9 Å². The lowest BCUT2D eigenvalue weighted by atomic mass is 9.98. The number of hydrogen-bond donors (Lipinski definition) is 1. The van der Waals surface area contributed by atoms with Gasteiger partial charge >= 0.3 is 0 Å². The van der Waals surface area contributed by atoms with E-state index in [2.05, 4.69) is 5.32 Å². The summed E-state index contributed by atoms with van der Waals surface area (Å²) in [6.07, 6.45) is 0. The van der Waals surface area contributed by atoms with Crippen LogP contribution in [0.2, 0.25) is 0 Å². The van der Waals surface area contributed by atoms with Crippen molar-refractivity contribution in [2.75, 3.05) is 0 Å². The summed E-state index contributed by atoms with van der Waals surface area (Å²) >= 11 is 6.72. The molecule has 0 saturated carbocycles. The normalized spacial score (nSPS) is 13.0. The number of amides is 1. The second kappa shape index (κ2) is 7.80. The lowest BCUT2D eigenvalue weighted by Gasteiger charge is -2.24. The summed E-state index contributed by atoms with van der Waals surface area (Å²) in [5, 5.41) is 2.72. The van der Waals surface area contributed by atoms with Crippen molar-refractivity contribution in [2.45, 2.75) is 11.4 Å². The van der Waals surface area contributed by atoms with Crippen LogP contribution < -0.4 is 5.32 Å². The van der Waals surface area contributed by atoms with Gasteiger partial charge < -0.3 is 5.32 Å².